The first kappa shape index (κ1) is 13.9. The molecule has 2 amide bonds. The number of rotatable bonds is 4. The van der Waals surface area contributed by atoms with Crippen LogP contribution < -0.4 is 10.6 Å². The van der Waals surface area contributed by atoms with Crippen LogP contribution in [0.3, 0.4) is 0 Å². The van der Waals surface area contributed by atoms with Crippen molar-refractivity contribution in [3.05, 3.63) is 35.9 Å². The maximum Gasteiger partial charge on any atom is 0.315 e. The van der Waals surface area contributed by atoms with Gasteiger partial charge in [0.2, 0.25) is 0 Å². The van der Waals surface area contributed by atoms with Crippen molar-refractivity contribution in [1.29, 1.82) is 0 Å². The van der Waals surface area contributed by atoms with E-state index in [-0.39, 0.29) is 12.1 Å². The van der Waals surface area contributed by atoms with Crippen LogP contribution in [-0.2, 0) is 0 Å². The third-order valence-electron chi connectivity index (χ3n) is 3.92. The van der Waals surface area contributed by atoms with Crippen molar-refractivity contribution in [3.8, 4) is 0 Å². The van der Waals surface area contributed by atoms with E-state index in [1.165, 1.54) is 32.1 Å². The van der Waals surface area contributed by atoms with Crippen LogP contribution in [0, 0.1) is 5.92 Å². The predicted octanol–water partition coefficient (Wildman–Crippen LogP) is 3.63. The van der Waals surface area contributed by atoms with Crippen molar-refractivity contribution in [1.82, 2.24) is 10.6 Å². The molecule has 1 aromatic rings. The summed E-state index contributed by atoms with van der Waals surface area (Å²) in [5.74, 6) is 0.673. The van der Waals surface area contributed by atoms with Gasteiger partial charge < -0.3 is 10.6 Å². The minimum Gasteiger partial charge on any atom is -0.338 e. The Kier molecular flexibility index (Phi) is 5.25. The molecule has 1 aromatic carbocycles. The fraction of sp³-hybridized carbons (Fsp3) is 0.562. The van der Waals surface area contributed by atoms with Crippen molar-refractivity contribution in [2.45, 2.75) is 45.1 Å². The SMILES string of the molecule is CC(NC(=O)NCC1CCCCC1)c1ccccc1. The van der Waals surface area contributed by atoms with E-state index in [9.17, 15) is 4.79 Å². The fourth-order valence-corrected chi connectivity index (χ4v) is 2.70. The summed E-state index contributed by atoms with van der Waals surface area (Å²) in [6.07, 6.45) is 6.50. The lowest BCUT2D eigenvalue weighted by atomic mass is 9.89. The average molecular weight is 260 g/mol. The molecule has 1 unspecified atom stereocenters. The summed E-state index contributed by atoms with van der Waals surface area (Å²) < 4.78 is 0. The summed E-state index contributed by atoms with van der Waals surface area (Å²) >= 11 is 0. The second kappa shape index (κ2) is 7.17. The summed E-state index contributed by atoms with van der Waals surface area (Å²) in [6.45, 7) is 2.82. The molecule has 3 heteroatoms. The number of nitrogens with one attached hydrogen (secondary N) is 2. The standard InChI is InChI=1S/C16H24N2O/c1-13(15-10-6-3-7-11-15)18-16(19)17-12-14-8-4-2-5-9-14/h3,6-7,10-11,13-14H,2,4-5,8-9,12H2,1H3,(H2,17,18,19). The van der Waals surface area contributed by atoms with Crippen molar-refractivity contribution < 1.29 is 4.79 Å². The molecule has 0 bridgehead atoms. The molecule has 104 valence electrons. The Morgan fingerprint density at radius 3 is 2.58 bits per heavy atom. The molecule has 0 spiro atoms. The monoisotopic (exact) mass is 260 g/mol. The molecule has 1 saturated carbocycles. The Hall–Kier alpha value is -1.51. The van der Waals surface area contributed by atoms with Gasteiger partial charge in [-0.25, -0.2) is 4.79 Å². The molecule has 0 radical (unpaired) electrons. The predicted molar refractivity (Wildman–Crippen MR) is 78.0 cm³/mol. The maximum absolute atomic E-state index is 11.8. The van der Waals surface area contributed by atoms with E-state index in [0.717, 1.165) is 12.1 Å². The molecule has 0 aromatic heterocycles. The van der Waals surface area contributed by atoms with Crippen molar-refractivity contribution >= 4 is 6.03 Å². The summed E-state index contributed by atoms with van der Waals surface area (Å²) in [5, 5.41) is 5.99. The smallest absolute Gasteiger partial charge is 0.315 e. The minimum atomic E-state index is -0.0538. The molecule has 2 rings (SSSR count). The van der Waals surface area contributed by atoms with Crippen molar-refractivity contribution in [2.24, 2.45) is 5.92 Å². The van der Waals surface area contributed by atoms with Gasteiger partial charge in [0.15, 0.2) is 0 Å². The van der Waals surface area contributed by atoms with E-state index in [4.69, 9.17) is 0 Å². The molecule has 1 aliphatic carbocycles. The zero-order valence-electron chi connectivity index (χ0n) is 11.7. The number of benzene rings is 1. The van der Waals surface area contributed by atoms with Gasteiger partial charge in [-0.2, -0.15) is 0 Å². The van der Waals surface area contributed by atoms with Gasteiger partial charge >= 0.3 is 6.03 Å². The molecule has 0 aliphatic heterocycles. The van der Waals surface area contributed by atoms with Gasteiger partial charge in [-0.3, -0.25) is 0 Å². The fourth-order valence-electron chi connectivity index (χ4n) is 2.70. The van der Waals surface area contributed by atoms with Crippen LogP contribution in [0.2, 0.25) is 0 Å². The third-order valence-corrected chi connectivity index (χ3v) is 3.92. The Balaban J connectivity index is 1.71. The normalized spacial score (nSPS) is 17.7. The largest absolute Gasteiger partial charge is 0.338 e. The number of hydrogen-bond donors (Lipinski definition) is 2. The molecule has 1 atom stereocenters. The Bertz CT molecular complexity index is 385. The first-order chi connectivity index (χ1) is 9.25. The molecule has 3 nitrogen and oxygen atoms in total. The molecule has 1 aliphatic rings. The summed E-state index contributed by atoms with van der Waals surface area (Å²) in [4.78, 5) is 11.8. The van der Waals surface area contributed by atoms with Gasteiger partial charge in [-0.1, -0.05) is 49.6 Å². The number of carbonyl (C=O) groups is 1. The second-order valence-corrected chi connectivity index (χ2v) is 5.49. The lowest BCUT2D eigenvalue weighted by molar-refractivity contribution is 0.233. The lowest BCUT2D eigenvalue weighted by Gasteiger charge is -2.22. The van der Waals surface area contributed by atoms with Crippen LogP contribution in [0.4, 0.5) is 4.79 Å². The van der Waals surface area contributed by atoms with Crippen LogP contribution >= 0.6 is 0 Å². The van der Waals surface area contributed by atoms with Gasteiger partial charge in [-0.15, -0.1) is 0 Å². The highest BCUT2D eigenvalue weighted by Crippen LogP contribution is 2.22. The van der Waals surface area contributed by atoms with Crippen LogP contribution in [-0.4, -0.2) is 12.6 Å². The quantitative estimate of drug-likeness (QED) is 0.853. The van der Waals surface area contributed by atoms with E-state index in [1.807, 2.05) is 37.3 Å². The summed E-state index contributed by atoms with van der Waals surface area (Å²) in [7, 11) is 0. The number of urea groups is 1. The van der Waals surface area contributed by atoms with Gasteiger partial charge in [0, 0.05) is 6.54 Å². The number of carbonyl (C=O) groups excluding carboxylic acids is 1. The van der Waals surface area contributed by atoms with Crippen LogP contribution in [0.25, 0.3) is 0 Å². The van der Waals surface area contributed by atoms with Crippen molar-refractivity contribution in [2.75, 3.05) is 6.54 Å². The zero-order chi connectivity index (χ0) is 13.5. The average Bonchev–Trinajstić information content (AvgIpc) is 2.47. The maximum atomic E-state index is 11.8. The highest BCUT2D eigenvalue weighted by Gasteiger charge is 2.15. The summed E-state index contributed by atoms with van der Waals surface area (Å²) in [6, 6.07) is 10.0. The van der Waals surface area contributed by atoms with E-state index in [0.29, 0.717) is 5.92 Å². The molecular formula is C16H24N2O. The van der Waals surface area contributed by atoms with E-state index in [1.54, 1.807) is 0 Å². The topological polar surface area (TPSA) is 41.1 Å². The number of amides is 2. The second-order valence-electron chi connectivity index (χ2n) is 5.49. The lowest BCUT2D eigenvalue weighted by Crippen LogP contribution is -2.39. The molecule has 0 saturated heterocycles. The summed E-state index contributed by atoms with van der Waals surface area (Å²) in [5.41, 5.74) is 1.13. The van der Waals surface area contributed by atoms with Crippen LogP contribution in [0.15, 0.2) is 30.3 Å². The Morgan fingerprint density at radius 2 is 1.89 bits per heavy atom. The minimum absolute atomic E-state index is 0.0487. The molecule has 19 heavy (non-hydrogen) atoms. The first-order valence-electron chi connectivity index (χ1n) is 7.35. The zero-order valence-corrected chi connectivity index (χ0v) is 11.7. The molecule has 2 N–H and O–H groups in total. The van der Waals surface area contributed by atoms with Gasteiger partial charge in [0.25, 0.3) is 0 Å². The Morgan fingerprint density at radius 1 is 1.21 bits per heavy atom. The van der Waals surface area contributed by atoms with E-state index >= 15 is 0 Å². The van der Waals surface area contributed by atoms with Gasteiger partial charge in [0.05, 0.1) is 6.04 Å². The highest BCUT2D eigenvalue weighted by atomic mass is 16.2. The van der Waals surface area contributed by atoms with E-state index in [2.05, 4.69) is 10.6 Å². The third kappa shape index (κ3) is 4.58. The molecular weight excluding hydrogens is 236 g/mol. The van der Waals surface area contributed by atoms with Gasteiger partial charge in [0.1, 0.15) is 0 Å². The van der Waals surface area contributed by atoms with Crippen LogP contribution in [0.5, 0.6) is 0 Å². The first-order valence-corrected chi connectivity index (χ1v) is 7.35. The van der Waals surface area contributed by atoms with E-state index < -0.39 is 0 Å². The number of hydrogen-bond acceptors (Lipinski definition) is 1. The molecule has 0 heterocycles. The van der Waals surface area contributed by atoms with Gasteiger partial charge in [-0.05, 0) is 31.2 Å². The highest BCUT2D eigenvalue weighted by molar-refractivity contribution is 5.74. The van der Waals surface area contributed by atoms with Crippen molar-refractivity contribution in [3.63, 3.8) is 0 Å². The molecule has 1 fully saturated rings. The van der Waals surface area contributed by atoms with Crippen LogP contribution in [0.1, 0.15) is 50.6 Å². The Labute approximate surface area is 115 Å².